The molecule has 3 aromatic heterocycles. The maximum absolute atomic E-state index is 14.1. The van der Waals surface area contributed by atoms with Gasteiger partial charge in [0.15, 0.2) is 0 Å². The summed E-state index contributed by atoms with van der Waals surface area (Å²) in [5.41, 5.74) is -0.489. The summed E-state index contributed by atoms with van der Waals surface area (Å²) in [6, 6.07) is 2.99. The number of pyridine rings is 2. The smallest absolute Gasteiger partial charge is 0.417 e. The van der Waals surface area contributed by atoms with Crippen LogP contribution >= 0.6 is 0 Å². The van der Waals surface area contributed by atoms with Crippen molar-refractivity contribution in [2.75, 3.05) is 0 Å². The zero-order valence-corrected chi connectivity index (χ0v) is 15.6. The Hall–Kier alpha value is -3.10. The molecule has 4 rings (SSSR count). The minimum atomic E-state index is -4.68. The summed E-state index contributed by atoms with van der Waals surface area (Å²) in [6.07, 6.45) is -0.345. The standard InChI is InChI=1S/C20H18F3N3O3/c1-25-14-4-2-3-12(14)17(20(21,22)23)16(19(25)29)13-7-5-11(6-8-15(27)28)26-10-9-24-18(13)26/h5,7,9-10H,2-4,6,8H2,1H3,(H,27,28). The Balaban J connectivity index is 2.02. The van der Waals surface area contributed by atoms with Gasteiger partial charge in [-0.25, -0.2) is 4.98 Å². The molecule has 0 aliphatic heterocycles. The first-order valence-electron chi connectivity index (χ1n) is 9.19. The summed E-state index contributed by atoms with van der Waals surface area (Å²) in [7, 11) is 1.50. The van der Waals surface area contributed by atoms with Crippen LogP contribution in [0.25, 0.3) is 16.8 Å². The highest BCUT2D eigenvalue weighted by Gasteiger charge is 2.41. The summed E-state index contributed by atoms with van der Waals surface area (Å²) in [5.74, 6) is -0.978. The average molecular weight is 405 g/mol. The predicted octanol–water partition coefficient (Wildman–Crippen LogP) is 3.22. The van der Waals surface area contributed by atoms with E-state index >= 15 is 0 Å². The molecule has 0 radical (unpaired) electrons. The molecule has 9 heteroatoms. The molecular formula is C20H18F3N3O3. The van der Waals surface area contributed by atoms with Crippen molar-refractivity contribution in [3.05, 3.63) is 57.4 Å². The van der Waals surface area contributed by atoms with Crippen molar-refractivity contribution in [3.63, 3.8) is 0 Å². The summed E-state index contributed by atoms with van der Waals surface area (Å²) in [4.78, 5) is 28.1. The van der Waals surface area contributed by atoms with E-state index in [1.165, 1.54) is 23.9 Å². The van der Waals surface area contributed by atoms with Crippen molar-refractivity contribution in [1.82, 2.24) is 14.0 Å². The van der Waals surface area contributed by atoms with Crippen molar-refractivity contribution >= 4 is 11.6 Å². The summed E-state index contributed by atoms with van der Waals surface area (Å²) < 4.78 is 45.1. The molecule has 0 spiro atoms. The van der Waals surface area contributed by atoms with Gasteiger partial charge >= 0.3 is 12.1 Å². The number of carboxylic acids is 1. The van der Waals surface area contributed by atoms with Gasteiger partial charge in [-0.05, 0) is 43.4 Å². The van der Waals surface area contributed by atoms with E-state index in [9.17, 15) is 22.8 Å². The maximum atomic E-state index is 14.1. The Bertz CT molecular complexity index is 1190. The largest absolute Gasteiger partial charge is 0.481 e. The second kappa shape index (κ2) is 6.75. The van der Waals surface area contributed by atoms with E-state index in [1.807, 2.05) is 0 Å². The molecule has 0 saturated heterocycles. The van der Waals surface area contributed by atoms with Crippen molar-refractivity contribution in [3.8, 4) is 11.1 Å². The molecule has 152 valence electrons. The van der Waals surface area contributed by atoms with E-state index in [1.54, 1.807) is 16.7 Å². The number of hydrogen-bond acceptors (Lipinski definition) is 3. The van der Waals surface area contributed by atoms with E-state index in [0.29, 0.717) is 24.2 Å². The minimum Gasteiger partial charge on any atom is -0.481 e. The van der Waals surface area contributed by atoms with Crippen LogP contribution in [0.5, 0.6) is 0 Å². The van der Waals surface area contributed by atoms with Gasteiger partial charge in [-0.15, -0.1) is 0 Å². The van der Waals surface area contributed by atoms with Gasteiger partial charge in [0.2, 0.25) is 0 Å². The summed E-state index contributed by atoms with van der Waals surface area (Å²) in [6.45, 7) is 0. The number of imidazole rings is 1. The number of aryl methyl sites for hydroxylation is 1. The number of carbonyl (C=O) groups is 1. The van der Waals surface area contributed by atoms with E-state index in [4.69, 9.17) is 5.11 Å². The zero-order valence-electron chi connectivity index (χ0n) is 15.6. The van der Waals surface area contributed by atoms with Gasteiger partial charge < -0.3 is 14.1 Å². The number of rotatable bonds is 4. The fourth-order valence-electron chi connectivity index (χ4n) is 4.18. The minimum absolute atomic E-state index is 0.0942. The van der Waals surface area contributed by atoms with E-state index < -0.39 is 28.8 Å². The lowest BCUT2D eigenvalue weighted by molar-refractivity contribution is -0.138. The van der Waals surface area contributed by atoms with E-state index in [2.05, 4.69) is 4.98 Å². The molecule has 6 nitrogen and oxygen atoms in total. The lowest BCUT2D eigenvalue weighted by Crippen LogP contribution is -2.28. The number of aromatic nitrogens is 3. The van der Waals surface area contributed by atoms with Crippen LogP contribution in [0.1, 0.15) is 35.4 Å². The summed E-state index contributed by atoms with van der Waals surface area (Å²) in [5, 5.41) is 8.92. The van der Waals surface area contributed by atoms with Gasteiger partial charge in [-0.3, -0.25) is 9.59 Å². The van der Waals surface area contributed by atoms with Crippen molar-refractivity contribution in [2.24, 2.45) is 7.05 Å². The molecule has 0 saturated carbocycles. The molecule has 0 amide bonds. The highest BCUT2D eigenvalue weighted by molar-refractivity contribution is 5.81. The van der Waals surface area contributed by atoms with Gasteiger partial charge in [0.25, 0.3) is 5.56 Å². The molecule has 29 heavy (non-hydrogen) atoms. The van der Waals surface area contributed by atoms with E-state index in [-0.39, 0.29) is 36.0 Å². The third-order valence-corrected chi connectivity index (χ3v) is 5.45. The van der Waals surface area contributed by atoms with Crippen molar-refractivity contribution < 1.29 is 23.1 Å². The highest BCUT2D eigenvalue weighted by atomic mass is 19.4. The number of carboxylic acid groups (broad SMARTS) is 1. The number of fused-ring (bicyclic) bond motifs is 2. The van der Waals surface area contributed by atoms with Crippen molar-refractivity contribution in [2.45, 2.75) is 38.3 Å². The fraction of sp³-hybridized carbons (Fsp3) is 0.350. The van der Waals surface area contributed by atoms with Crippen LogP contribution in [-0.2, 0) is 37.3 Å². The molecule has 0 atom stereocenters. The third-order valence-electron chi connectivity index (χ3n) is 5.45. The van der Waals surface area contributed by atoms with Crippen LogP contribution in [0, 0.1) is 0 Å². The molecule has 3 aromatic rings. The Morgan fingerprint density at radius 2 is 2.03 bits per heavy atom. The van der Waals surface area contributed by atoms with Gasteiger partial charge in [0.05, 0.1) is 17.5 Å². The van der Waals surface area contributed by atoms with Crippen LogP contribution in [-0.4, -0.2) is 25.0 Å². The fourth-order valence-corrected chi connectivity index (χ4v) is 4.18. The predicted molar refractivity (Wildman–Crippen MR) is 98.9 cm³/mol. The average Bonchev–Trinajstić information content (AvgIpc) is 3.31. The molecule has 0 aromatic carbocycles. The van der Waals surface area contributed by atoms with E-state index in [0.717, 1.165) is 0 Å². The number of nitrogens with zero attached hydrogens (tertiary/aromatic N) is 3. The first-order chi connectivity index (χ1) is 13.7. The van der Waals surface area contributed by atoms with Gasteiger partial charge in [-0.1, -0.05) is 0 Å². The van der Waals surface area contributed by atoms with Crippen molar-refractivity contribution in [1.29, 1.82) is 0 Å². The Labute approximate surface area is 163 Å². The Kier molecular flexibility index (Phi) is 4.48. The number of aliphatic carboxylic acids is 1. The molecule has 0 bridgehead atoms. The molecule has 3 heterocycles. The van der Waals surface area contributed by atoms with Crippen LogP contribution in [0.2, 0.25) is 0 Å². The van der Waals surface area contributed by atoms with Crippen LogP contribution in [0.15, 0.2) is 29.3 Å². The molecule has 1 aliphatic carbocycles. The van der Waals surface area contributed by atoms with Crippen LogP contribution in [0.4, 0.5) is 13.2 Å². The topological polar surface area (TPSA) is 76.6 Å². The number of hydrogen-bond donors (Lipinski definition) is 1. The third kappa shape index (κ3) is 3.10. The highest BCUT2D eigenvalue weighted by Crippen LogP contribution is 2.42. The second-order valence-electron chi connectivity index (χ2n) is 7.14. The quantitative estimate of drug-likeness (QED) is 0.723. The first kappa shape index (κ1) is 19.2. The monoisotopic (exact) mass is 405 g/mol. The molecular weight excluding hydrogens is 387 g/mol. The maximum Gasteiger partial charge on any atom is 0.417 e. The van der Waals surface area contributed by atoms with Crippen LogP contribution in [0.3, 0.4) is 0 Å². The first-order valence-corrected chi connectivity index (χ1v) is 9.19. The number of halogens is 3. The second-order valence-corrected chi connectivity index (χ2v) is 7.14. The number of alkyl halides is 3. The van der Waals surface area contributed by atoms with Gasteiger partial charge in [0.1, 0.15) is 5.65 Å². The summed E-state index contributed by atoms with van der Waals surface area (Å²) >= 11 is 0. The SMILES string of the molecule is Cn1c2c(c(C(F)(F)F)c(-c3ccc(CCC(=O)O)n4ccnc34)c1=O)CCC2. The Morgan fingerprint density at radius 1 is 1.28 bits per heavy atom. The molecule has 0 unspecified atom stereocenters. The van der Waals surface area contributed by atoms with Crippen LogP contribution < -0.4 is 5.56 Å². The Morgan fingerprint density at radius 3 is 2.72 bits per heavy atom. The molecule has 1 aliphatic rings. The molecule has 1 N–H and O–H groups in total. The molecule has 0 fully saturated rings. The van der Waals surface area contributed by atoms with Gasteiger partial charge in [-0.2, -0.15) is 13.2 Å². The lowest BCUT2D eigenvalue weighted by atomic mass is 9.95. The lowest BCUT2D eigenvalue weighted by Gasteiger charge is -2.20. The zero-order chi connectivity index (χ0) is 20.9. The normalized spacial score (nSPS) is 13.8. The van der Waals surface area contributed by atoms with Gasteiger partial charge in [0, 0.05) is 36.4 Å².